The van der Waals surface area contributed by atoms with E-state index in [1.807, 2.05) is 0 Å². The maximum atomic E-state index is 12.8. The van der Waals surface area contributed by atoms with Gasteiger partial charge in [-0.2, -0.15) is 4.68 Å². The number of benzene rings is 3. The molecule has 2 N–H and O–H groups in total. The molecule has 4 rings (SSSR count). The van der Waals surface area contributed by atoms with E-state index in [9.17, 15) is 9.59 Å². The number of nitrogens with zero attached hydrogens (tertiary/aromatic N) is 4. The van der Waals surface area contributed by atoms with E-state index < -0.39 is 0 Å². The van der Waals surface area contributed by atoms with Crippen LogP contribution in [0.25, 0.3) is 5.69 Å². The minimum Gasteiger partial charge on any atom is -0.497 e. The highest BCUT2D eigenvalue weighted by molar-refractivity contribution is 6.07. The van der Waals surface area contributed by atoms with Crippen molar-refractivity contribution in [1.82, 2.24) is 20.2 Å². The molecule has 3 aromatic carbocycles. The van der Waals surface area contributed by atoms with Gasteiger partial charge in [0.15, 0.2) is 0 Å². The normalized spacial score (nSPS) is 10.4. The summed E-state index contributed by atoms with van der Waals surface area (Å²) in [6.07, 6.45) is 1.42. The second kappa shape index (κ2) is 8.87. The minimum absolute atomic E-state index is 0.257. The van der Waals surface area contributed by atoms with Gasteiger partial charge in [0, 0.05) is 16.9 Å². The van der Waals surface area contributed by atoms with Gasteiger partial charge in [-0.15, -0.1) is 5.10 Å². The molecule has 1 aromatic heterocycles. The molecule has 154 valence electrons. The molecule has 1 heterocycles. The largest absolute Gasteiger partial charge is 0.497 e. The van der Waals surface area contributed by atoms with Gasteiger partial charge in [0.2, 0.25) is 0 Å². The predicted octanol–water partition coefficient (Wildman–Crippen LogP) is 3.18. The summed E-state index contributed by atoms with van der Waals surface area (Å²) in [5.41, 5.74) is 2.64. The van der Waals surface area contributed by atoms with Crippen molar-refractivity contribution in [3.63, 3.8) is 0 Å². The molecule has 31 heavy (non-hydrogen) atoms. The molecule has 0 saturated carbocycles. The van der Waals surface area contributed by atoms with Gasteiger partial charge in [0.25, 0.3) is 11.8 Å². The zero-order valence-corrected chi connectivity index (χ0v) is 16.5. The summed E-state index contributed by atoms with van der Waals surface area (Å²) in [5, 5.41) is 16.7. The molecule has 0 atom stereocenters. The van der Waals surface area contributed by atoms with Gasteiger partial charge >= 0.3 is 0 Å². The number of aromatic nitrogens is 4. The van der Waals surface area contributed by atoms with Crippen molar-refractivity contribution in [3.05, 3.63) is 90.3 Å². The van der Waals surface area contributed by atoms with Gasteiger partial charge in [-0.3, -0.25) is 9.59 Å². The number of carbonyl (C=O) groups excluding carboxylic acids is 2. The van der Waals surface area contributed by atoms with Crippen LogP contribution in [0, 0.1) is 0 Å². The van der Waals surface area contributed by atoms with Crippen LogP contribution in [-0.4, -0.2) is 39.1 Å². The lowest BCUT2D eigenvalue weighted by atomic mass is 10.1. The quantitative estimate of drug-likeness (QED) is 0.501. The van der Waals surface area contributed by atoms with E-state index in [0.717, 1.165) is 0 Å². The Hall–Kier alpha value is -4.53. The number of nitrogens with one attached hydrogen (secondary N) is 2. The molecular weight excluding hydrogens is 396 g/mol. The second-order valence-electron chi connectivity index (χ2n) is 6.49. The molecule has 4 aromatic rings. The molecule has 9 nitrogen and oxygen atoms in total. The molecular formula is C22H18N6O3. The summed E-state index contributed by atoms with van der Waals surface area (Å²) >= 11 is 0. The van der Waals surface area contributed by atoms with Crippen molar-refractivity contribution < 1.29 is 14.3 Å². The lowest BCUT2D eigenvalue weighted by molar-refractivity contribution is 0.101. The Balaban J connectivity index is 1.44. The van der Waals surface area contributed by atoms with E-state index in [1.54, 1.807) is 79.9 Å². The maximum absolute atomic E-state index is 12.8. The minimum atomic E-state index is -0.318. The Labute approximate surface area is 177 Å². The molecule has 0 aliphatic heterocycles. The first-order chi connectivity index (χ1) is 15.1. The molecule has 0 radical (unpaired) electrons. The van der Waals surface area contributed by atoms with Crippen LogP contribution in [0.3, 0.4) is 0 Å². The fraction of sp³-hybridized carbons (Fsp3) is 0.0455. The SMILES string of the molecule is COc1ccc(NC(=O)c2ccc(NC(=O)c3ccccc3-n3cnnn3)cc2)cc1. The number of anilines is 2. The van der Waals surface area contributed by atoms with Crippen molar-refractivity contribution in [1.29, 1.82) is 0 Å². The van der Waals surface area contributed by atoms with Gasteiger partial charge in [-0.25, -0.2) is 0 Å². The molecule has 0 saturated heterocycles. The smallest absolute Gasteiger partial charge is 0.257 e. The fourth-order valence-corrected chi connectivity index (χ4v) is 2.92. The number of amides is 2. The Bertz CT molecular complexity index is 1190. The van der Waals surface area contributed by atoms with Crippen LogP contribution in [0.4, 0.5) is 11.4 Å². The third-order valence-corrected chi connectivity index (χ3v) is 4.50. The summed E-state index contributed by atoms with van der Waals surface area (Å²) in [7, 11) is 1.58. The highest BCUT2D eigenvalue weighted by Crippen LogP contribution is 2.18. The molecule has 0 bridgehead atoms. The number of rotatable bonds is 6. The highest BCUT2D eigenvalue weighted by Gasteiger charge is 2.14. The fourth-order valence-electron chi connectivity index (χ4n) is 2.92. The van der Waals surface area contributed by atoms with Crippen molar-refractivity contribution >= 4 is 23.2 Å². The number of methoxy groups -OCH3 is 1. The number of para-hydroxylation sites is 1. The van der Waals surface area contributed by atoms with Crippen LogP contribution in [0.1, 0.15) is 20.7 Å². The first-order valence-electron chi connectivity index (χ1n) is 9.33. The average molecular weight is 414 g/mol. The summed E-state index contributed by atoms with van der Waals surface area (Å²) in [6, 6.07) is 20.6. The lowest BCUT2D eigenvalue weighted by Crippen LogP contribution is -2.16. The molecule has 0 unspecified atom stereocenters. The van der Waals surface area contributed by atoms with Gasteiger partial charge in [0.05, 0.1) is 18.4 Å². The van der Waals surface area contributed by atoms with Gasteiger partial charge in [-0.1, -0.05) is 12.1 Å². The van der Waals surface area contributed by atoms with E-state index in [0.29, 0.717) is 33.9 Å². The number of hydrogen-bond donors (Lipinski definition) is 2. The second-order valence-corrected chi connectivity index (χ2v) is 6.49. The molecule has 9 heteroatoms. The topological polar surface area (TPSA) is 111 Å². The summed E-state index contributed by atoms with van der Waals surface area (Å²) in [5.74, 6) is 0.133. The third kappa shape index (κ3) is 4.56. The highest BCUT2D eigenvalue weighted by atomic mass is 16.5. The van der Waals surface area contributed by atoms with Crippen LogP contribution in [0.2, 0.25) is 0 Å². The number of carbonyl (C=O) groups is 2. The average Bonchev–Trinajstić information content (AvgIpc) is 3.35. The summed E-state index contributed by atoms with van der Waals surface area (Å²) in [6.45, 7) is 0. The van der Waals surface area contributed by atoms with Crippen molar-refractivity contribution in [2.45, 2.75) is 0 Å². The molecule has 0 aliphatic carbocycles. The zero-order chi connectivity index (χ0) is 21.6. The van der Waals surface area contributed by atoms with Crippen LogP contribution < -0.4 is 15.4 Å². The van der Waals surface area contributed by atoms with Crippen LogP contribution in [0.5, 0.6) is 5.75 Å². The standard InChI is InChI=1S/C22H18N6O3/c1-31-18-12-10-17(11-13-18)24-21(29)15-6-8-16(9-7-15)25-22(30)19-4-2-3-5-20(19)28-14-23-26-27-28/h2-14H,1H3,(H,24,29)(H,25,30). The maximum Gasteiger partial charge on any atom is 0.257 e. The van der Waals surface area contributed by atoms with Crippen molar-refractivity contribution in [3.8, 4) is 11.4 Å². The van der Waals surface area contributed by atoms with Crippen LogP contribution in [-0.2, 0) is 0 Å². The Morgan fingerprint density at radius 2 is 1.48 bits per heavy atom. The first kappa shape index (κ1) is 19.8. The number of hydrogen-bond acceptors (Lipinski definition) is 6. The van der Waals surface area contributed by atoms with E-state index in [1.165, 1.54) is 11.0 Å². The predicted molar refractivity (Wildman–Crippen MR) is 114 cm³/mol. The zero-order valence-electron chi connectivity index (χ0n) is 16.5. The Morgan fingerprint density at radius 1 is 0.839 bits per heavy atom. The van der Waals surface area contributed by atoms with Crippen molar-refractivity contribution in [2.75, 3.05) is 17.7 Å². The molecule has 2 amide bonds. The molecule has 0 fully saturated rings. The Morgan fingerprint density at radius 3 is 2.13 bits per heavy atom. The molecule has 0 spiro atoms. The third-order valence-electron chi connectivity index (χ3n) is 4.50. The Kier molecular flexibility index (Phi) is 5.66. The van der Waals surface area contributed by atoms with Gasteiger partial charge < -0.3 is 15.4 Å². The number of ether oxygens (including phenoxy) is 1. The number of tetrazole rings is 1. The van der Waals surface area contributed by atoms with Crippen molar-refractivity contribution in [2.24, 2.45) is 0 Å². The first-order valence-corrected chi connectivity index (χ1v) is 9.33. The van der Waals surface area contributed by atoms with Crippen LogP contribution in [0.15, 0.2) is 79.1 Å². The van der Waals surface area contributed by atoms with E-state index >= 15 is 0 Å². The summed E-state index contributed by atoms with van der Waals surface area (Å²) < 4.78 is 6.52. The van der Waals surface area contributed by atoms with E-state index in [-0.39, 0.29) is 11.8 Å². The molecule has 0 aliphatic rings. The van der Waals surface area contributed by atoms with Gasteiger partial charge in [-0.05, 0) is 71.1 Å². The lowest BCUT2D eigenvalue weighted by Gasteiger charge is -2.10. The van der Waals surface area contributed by atoms with E-state index in [2.05, 4.69) is 26.2 Å². The van der Waals surface area contributed by atoms with Gasteiger partial charge in [0.1, 0.15) is 12.1 Å². The van der Waals surface area contributed by atoms with E-state index in [4.69, 9.17) is 4.74 Å². The summed E-state index contributed by atoms with van der Waals surface area (Å²) in [4.78, 5) is 25.2. The van der Waals surface area contributed by atoms with Crippen LogP contribution >= 0.6 is 0 Å². The monoisotopic (exact) mass is 414 g/mol.